The standard InChI is InChI=1S/C20H29N3O5S/c1-15(2)18(20(25)22-8-3-4-9-22)21-19(24)16-6-5-7-17(14-16)29(26,27)23-10-12-28-13-11-23/h5-7,14-15,18H,3-4,8-13H2,1-2H3,(H,21,24)/t18-/m0/s1. The molecule has 0 aliphatic carbocycles. The first-order chi connectivity index (χ1) is 13.8. The predicted octanol–water partition coefficient (Wildman–Crippen LogP) is 1.08. The van der Waals surface area contributed by atoms with E-state index in [2.05, 4.69) is 5.32 Å². The predicted molar refractivity (Wildman–Crippen MR) is 108 cm³/mol. The Labute approximate surface area is 172 Å². The van der Waals surface area contributed by atoms with Gasteiger partial charge in [0, 0.05) is 31.7 Å². The van der Waals surface area contributed by atoms with Gasteiger partial charge in [0.15, 0.2) is 0 Å². The molecule has 29 heavy (non-hydrogen) atoms. The highest BCUT2D eigenvalue weighted by molar-refractivity contribution is 7.89. The van der Waals surface area contributed by atoms with Crippen molar-refractivity contribution in [2.75, 3.05) is 39.4 Å². The van der Waals surface area contributed by atoms with Gasteiger partial charge in [-0.3, -0.25) is 9.59 Å². The minimum atomic E-state index is -3.69. The van der Waals surface area contributed by atoms with Gasteiger partial charge in [0.1, 0.15) is 6.04 Å². The van der Waals surface area contributed by atoms with Gasteiger partial charge < -0.3 is 15.0 Å². The van der Waals surface area contributed by atoms with Crippen LogP contribution >= 0.6 is 0 Å². The molecule has 2 heterocycles. The summed E-state index contributed by atoms with van der Waals surface area (Å²) in [6.07, 6.45) is 1.96. The van der Waals surface area contributed by atoms with E-state index in [1.807, 2.05) is 13.8 Å². The lowest BCUT2D eigenvalue weighted by molar-refractivity contribution is -0.133. The lowest BCUT2D eigenvalue weighted by atomic mass is 10.0. The van der Waals surface area contributed by atoms with Gasteiger partial charge in [-0.25, -0.2) is 8.42 Å². The van der Waals surface area contributed by atoms with Crippen molar-refractivity contribution in [1.82, 2.24) is 14.5 Å². The van der Waals surface area contributed by atoms with E-state index in [4.69, 9.17) is 4.74 Å². The van der Waals surface area contributed by atoms with Crippen molar-refractivity contribution in [3.8, 4) is 0 Å². The second-order valence-corrected chi connectivity index (χ2v) is 9.71. The quantitative estimate of drug-likeness (QED) is 0.739. The largest absolute Gasteiger partial charge is 0.379 e. The fourth-order valence-electron chi connectivity index (χ4n) is 3.61. The first-order valence-corrected chi connectivity index (χ1v) is 11.5. The summed E-state index contributed by atoms with van der Waals surface area (Å²) >= 11 is 0. The van der Waals surface area contributed by atoms with E-state index in [1.165, 1.54) is 16.4 Å². The summed E-state index contributed by atoms with van der Waals surface area (Å²) in [4.78, 5) is 27.5. The Kier molecular flexibility index (Phi) is 6.92. The van der Waals surface area contributed by atoms with Gasteiger partial charge in [0.2, 0.25) is 15.9 Å². The van der Waals surface area contributed by atoms with Crippen molar-refractivity contribution < 1.29 is 22.7 Å². The summed E-state index contributed by atoms with van der Waals surface area (Å²) in [7, 11) is -3.69. The molecule has 8 nitrogen and oxygen atoms in total. The van der Waals surface area contributed by atoms with Gasteiger partial charge in [-0.15, -0.1) is 0 Å². The highest BCUT2D eigenvalue weighted by atomic mass is 32.2. The number of hydrogen-bond donors (Lipinski definition) is 1. The van der Waals surface area contributed by atoms with Gasteiger partial charge >= 0.3 is 0 Å². The van der Waals surface area contributed by atoms with Crippen LogP contribution in [-0.2, 0) is 19.6 Å². The molecule has 2 fully saturated rings. The van der Waals surface area contributed by atoms with E-state index < -0.39 is 22.0 Å². The SMILES string of the molecule is CC(C)[C@H](NC(=O)c1cccc(S(=O)(=O)N2CCOCC2)c1)C(=O)N1CCCC1. The molecular formula is C20H29N3O5S. The van der Waals surface area contributed by atoms with Crippen LogP contribution in [-0.4, -0.2) is 74.9 Å². The molecule has 2 aliphatic heterocycles. The average molecular weight is 424 g/mol. The molecule has 0 unspecified atom stereocenters. The number of nitrogens with one attached hydrogen (secondary N) is 1. The monoisotopic (exact) mass is 423 g/mol. The lowest BCUT2D eigenvalue weighted by Crippen LogP contribution is -2.50. The molecule has 2 saturated heterocycles. The molecule has 160 valence electrons. The molecule has 9 heteroatoms. The normalized spacial score (nSPS) is 19.3. The Morgan fingerprint density at radius 1 is 1.07 bits per heavy atom. The van der Waals surface area contributed by atoms with Crippen LogP contribution < -0.4 is 5.32 Å². The van der Waals surface area contributed by atoms with Crippen molar-refractivity contribution in [3.63, 3.8) is 0 Å². The summed E-state index contributed by atoms with van der Waals surface area (Å²) in [5.74, 6) is -0.606. The van der Waals surface area contributed by atoms with Crippen molar-refractivity contribution >= 4 is 21.8 Å². The Morgan fingerprint density at radius 2 is 1.72 bits per heavy atom. The third kappa shape index (κ3) is 4.96. The van der Waals surface area contributed by atoms with E-state index in [0.717, 1.165) is 12.8 Å². The van der Waals surface area contributed by atoms with E-state index in [9.17, 15) is 18.0 Å². The molecule has 1 atom stereocenters. The van der Waals surface area contributed by atoms with Crippen LogP contribution in [0.15, 0.2) is 29.2 Å². The third-order valence-corrected chi connectivity index (χ3v) is 7.24. The second kappa shape index (κ2) is 9.23. The zero-order valence-electron chi connectivity index (χ0n) is 17.0. The number of amides is 2. The van der Waals surface area contributed by atoms with Crippen molar-refractivity contribution in [3.05, 3.63) is 29.8 Å². The molecule has 0 saturated carbocycles. The van der Waals surface area contributed by atoms with Crippen LogP contribution in [0.5, 0.6) is 0 Å². The van der Waals surface area contributed by atoms with Crippen molar-refractivity contribution in [2.45, 2.75) is 37.6 Å². The van der Waals surface area contributed by atoms with Crippen LogP contribution in [0, 0.1) is 5.92 Å². The van der Waals surface area contributed by atoms with Crippen LogP contribution in [0.1, 0.15) is 37.0 Å². The first-order valence-electron chi connectivity index (χ1n) is 10.1. The molecule has 2 amide bonds. The van der Waals surface area contributed by atoms with Crippen LogP contribution in [0.3, 0.4) is 0 Å². The Balaban J connectivity index is 1.76. The molecule has 3 rings (SSSR count). The third-order valence-electron chi connectivity index (χ3n) is 5.34. The topological polar surface area (TPSA) is 96.0 Å². The summed E-state index contributed by atoms with van der Waals surface area (Å²) < 4.78 is 32.3. The summed E-state index contributed by atoms with van der Waals surface area (Å²) in [6, 6.07) is 5.33. The van der Waals surface area contributed by atoms with Gasteiger partial charge in [0.25, 0.3) is 5.91 Å². The zero-order chi connectivity index (χ0) is 21.0. The Morgan fingerprint density at radius 3 is 2.34 bits per heavy atom. The van der Waals surface area contributed by atoms with Gasteiger partial charge in [-0.05, 0) is 37.0 Å². The van der Waals surface area contributed by atoms with E-state index >= 15 is 0 Å². The lowest BCUT2D eigenvalue weighted by Gasteiger charge is -2.27. The Hall–Kier alpha value is -1.97. The fourth-order valence-corrected chi connectivity index (χ4v) is 5.06. The van der Waals surface area contributed by atoms with E-state index in [-0.39, 0.29) is 22.3 Å². The summed E-state index contributed by atoms with van der Waals surface area (Å²) in [6.45, 7) is 6.49. The molecule has 1 N–H and O–H groups in total. The fraction of sp³-hybridized carbons (Fsp3) is 0.600. The number of morpholine rings is 1. The van der Waals surface area contributed by atoms with Crippen LogP contribution in [0.2, 0.25) is 0 Å². The first kappa shape index (κ1) is 21.7. The molecule has 0 bridgehead atoms. The molecule has 1 aromatic carbocycles. The van der Waals surface area contributed by atoms with Crippen molar-refractivity contribution in [1.29, 1.82) is 0 Å². The van der Waals surface area contributed by atoms with Crippen molar-refractivity contribution in [2.24, 2.45) is 5.92 Å². The number of nitrogens with zero attached hydrogens (tertiary/aromatic N) is 2. The number of benzene rings is 1. The second-order valence-electron chi connectivity index (χ2n) is 7.77. The maximum Gasteiger partial charge on any atom is 0.251 e. The molecular weight excluding hydrogens is 394 g/mol. The summed E-state index contributed by atoms with van der Waals surface area (Å²) in [5, 5.41) is 2.81. The number of rotatable bonds is 6. The molecule has 0 radical (unpaired) electrons. The molecule has 0 spiro atoms. The van der Waals surface area contributed by atoms with E-state index in [1.54, 1.807) is 17.0 Å². The maximum atomic E-state index is 12.9. The van der Waals surface area contributed by atoms with Gasteiger partial charge in [-0.2, -0.15) is 4.31 Å². The maximum absolute atomic E-state index is 12.9. The number of hydrogen-bond acceptors (Lipinski definition) is 5. The molecule has 1 aromatic rings. The number of carbonyl (C=O) groups excluding carboxylic acids is 2. The number of carbonyl (C=O) groups is 2. The Bertz CT molecular complexity index is 843. The average Bonchev–Trinajstić information content (AvgIpc) is 3.27. The highest BCUT2D eigenvalue weighted by Gasteiger charge is 2.31. The number of ether oxygens (including phenoxy) is 1. The van der Waals surface area contributed by atoms with Crippen LogP contribution in [0.25, 0.3) is 0 Å². The minimum Gasteiger partial charge on any atom is -0.379 e. The van der Waals surface area contributed by atoms with Gasteiger partial charge in [-0.1, -0.05) is 19.9 Å². The smallest absolute Gasteiger partial charge is 0.251 e. The zero-order valence-corrected chi connectivity index (χ0v) is 17.8. The molecule has 2 aliphatic rings. The summed E-state index contributed by atoms with van der Waals surface area (Å²) in [5.41, 5.74) is 0.221. The number of sulfonamides is 1. The van der Waals surface area contributed by atoms with Crippen LogP contribution in [0.4, 0.5) is 0 Å². The minimum absolute atomic E-state index is 0.0685. The van der Waals surface area contributed by atoms with Gasteiger partial charge in [0.05, 0.1) is 18.1 Å². The highest BCUT2D eigenvalue weighted by Crippen LogP contribution is 2.19. The number of likely N-dealkylation sites (tertiary alicyclic amines) is 1. The van der Waals surface area contributed by atoms with E-state index in [0.29, 0.717) is 39.4 Å². The molecule has 0 aromatic heterocycles.